The molecule has 0 aliphatic carbocycles. The van der Waals surface area contributed by atoms with Gasteiger partial charge in [0.15, 0.2) is 0 Å². The molecule has 0 radical (unpaired) electrons. The minimum atomic E-state index is -0.897. The normalized spacial score (nSPS) is 20.4. The van der Waals surface area contributed by atoms with Gasteiger partial charge in [0.1, 0.15) is 0 Å². The summed E-state index contributed by atoms with van der Waals surface area (Å²) < 4.78 is 0. The predicted molar refractivity (Wildman–Crippen MR) is 73.8 cm³/mol. The Morgan fingerprint density at radius 2 is 2.06 bits per heavy atom. The molecule has 0 bridgehead atoms. The van der Waals surface area contributed by atoms with Crippen molar-refractivity contribution in [2.24, 2.45) is 5.41 Å². The van der Waals surface area contributed by atoms with Crippen molar-refractivity contribution in [1.29, 1.82) is 0 Å². The lowest BCUT2D eigenvalue weighted by atomic mass is 9.79. The van der Waals surface area contributed by atoms with Crippen molar-refractivity contribution in [2.75, 3.05) is 11.5 Å². The molecule has 0 aromatic carbocycles. The molecule has 1 aliphatic rings. The lowest BCUT2D eigenvalue weighted by Gasteiger charge is -2.28. The summed E-state index contributed by atoms with van der Waals surface area (Å²) in [5.74, 6) is 1.13. The maximum absolute atomic E-state index is 12.0. The van der Waals surface area contributed by atoms with E-state index in [4.69, 9.17) is 0 Å². The van der Waals surface area contributed by atoms with Crippen LogP contribution < -0.4 is 5.32 Å². The molecule has 1 aliphatic heterocycles. The van der Waals surface area contributed by atoms with Gasteiger partial charge >= 0.3 is 5.97 Å². The monoisotopic (exact) mass is 273 g/mol. The summed E-state index contributed by atoms with van der Waals surface area (Å²) in [5.41, 5.74) is -0.897. The fourth-order valence-electron chi connectivity index (χ4n) is 2.32. The zero-order chi connectivity index (χ0) is 13.6. The van der Waals surface area contributed by atoms with Crippen LogP contribution in [0.5, 0.6) is 0 Å². The van der Waals surface area contributed by atoms with E-state index in [1.54, 1.807) is 0 Å². The van der Waals surface area contributed by atoms with Crippen LogP contribution in [0.3, 0.4) is 0 Å². The van der Waals surface area contributed by atoms with Crippen LogP contribution in [0.2, 0.25) is 0 Å². The maximum atomic E-state index is 12.0. The first kappa shape index (κ1) is 15.3. The Hall–Kier alpha value is -0.710. The molecule has 0 saturated carbocycles. The lowest BCUT2D eigenvalue weighted by molar-refractivity contribution is -0.152. The first-order valence-corrected chi connectivity index (χ1v) is 7.80. The third-order valence-corrected chi connectivity index (χ3v) is 5.05. The first-order valence-electron chi connectivity index (χ1n) is 6.64. The highest BCUT2D eigenvalue weighted by molar-refractivity contribution is 7.99. The predicted octanol–water partition coefficient (Wildman–Crippen LogP) is 2.28. The topological polar surface area (TPSA) is 66.4 Å². The number of amides is 1. The van der Waals surface area contributed by atoms with E-state index < -0.39 is 11.4 Å². The molecule has 5 heteroatoms. The quantitative estimate of drug-likeness (QED) is 0.779. The van der Waals surface area contributed by atoms with Crippen molar-refractivity contribution >= 4 is 23.6 Å². The molecule has 4 nitrogen and oxygen atoms in total. The summed E-state index contributed by atoms with van der Waals surface area (Å²) in [6, 6.07) is 0.219. The van der Waals surface area contributed by atoms with Gasteiger partial charge in [-0.1, -0.05) is 13.8 Å². The fraction of sp³-hybridized carbons (Fsp3) is 0.846. The van der Waals surface area contributed by atoms with E-state index in [2.05, 4.69) is 5.32 Å². The Kier molecular flexibility index (Phi) is 5.99. The molecule has 1 saturated heterocycles. The van der Waals surface area contributed by atoms with Crippen LogP contribution in [-0.2, 0) is 9.59 Å². The van der Waals surface area contributed by atoms with E-state index in [-0.39, 0.29) is 18.4 Å². The molecule has 1 fully saturated rings. The number of thioether (sulfide) groups is 1. The van der Waals surface area contributed by atoms with E-state index in [0.29, 0.717) is 12.8 Å². The van der Waals surface area contributed by atoms with E-state index >= 15 is 0 Å². The summed E-state index contributed by atoms with van der Waals surface area (Å²) in [6.07, 6.45) is 3.21. The standard InChI is InChI=1S/C13H23NO3S/c1-3-13(4-2,12(16)17)8-11(15)14-10-6-5-7-18-9-10/h10H,3-9H2,1-2H3,(H,14,15)(H,16,17). The Morgan fingerprint density at radius 1 is 1.39 bits per heavy atom. The van der Waals surface area contributed by atoms with Gasteiger partial charge in [-0.2, -0.15) is 11.8 Å². The zero-order valence-electron chi connectivity index (χ0n) is 11.2. The van der Waals surface area contributed by atoms with Crippen LogP contribution in [0, 0.1) is 5.41 Å². The molecule has 1 unspecified atom stereocenters. The SMILES string of the molecule is CCC(CC)(CC(=O)NC1CCCSC1)C(=O)O. The second-order valence-corrected chi connectivity index (χ2v) is 6.10. The molecule has 1 amide bonds. The molecule has 2 N–H and O–H groups in total. The number of hydrogen-bond donors (Lipinski definition) is 2. The summed E-state index contributed by atoms with van der Waals surface area (Å²) in [5, 5.41) is 12.3. The molecular formula is C13H23NO3S. The van der Waals surface area contributed by atoms with Crippen molar-refractivity contribution in [2.45, 2.75) is 52.0 Å². The summed E-state index contributed by atoms with van der Waals surface area (Å²) in [4.78, 5) is 23.3. The number of carboxylic acids is 1. The minimum Gasteiger partial charge on any atom is -0.481 e. The molecule has 0 aromatic rings. The van der Waals surface area contributed by atoms with Crippen LogP contribution in [0.25, 0.3) is 0 Å². The van der Waals surface area contributed by atoms with Gasteiger partial charge in [-0.05, 0) is 31.4 Å². The Morgan fingerprint density at radius 3 is 2.50 bits per heavy atom. The number of carboxylic acid groups (broad SMARTS) is 1. The van der Waals surface area contributed by atoms with Gasteiger partial charge in [-0.3, -0.25) is 9.59 Å². The molecule has 1 rings (SSSR count). The highest BCUT2D eigenvalue weighted by Crippen LogP contribution is 2.31. The number of carbonyl (C=O) groups excluding carboxylic acids is 1. The molecule has 0 spiro atoms. The van der Waals surface area contributed by atoms with Gasteiger partial charge < -0.3 is 10.4 Å². The smallest absolute Gasteiger partial charge is 0.310 e. The number of aliphatic carboxylic acids is 1. The highest BCUT2D eigenvalue weighted by Gasteiger charge is 2.37. The first-order chi connectivity index (χ1) is 8.54. The van der Waals surface area contributed by atoms with Crippen molar-refractivity contribution in [3.05, 3.63) is 0 Å². The van der Waals surface area contributed by atoms with Crippen molar-refractivity contribution < 1.29 is 14.7 Å². The number of nitrogens with one attached hydrogen (secondary N) is 1. The van der Waals surface area contributed by atoms with Crippen molar-refractivity contribution in [3.63, 3.8) is 0 Å². The molecular weight excluding hydrogens is 250 g/mol. The molecule has 18 heavy (non-hydrogen) atoms. The summed E-state index contributed by atoms with van der Waals surface area (Å²) in [6.45, 7) is 3.67. The molecule has 104 valence electrons. The Labute approximate surface area is 113 Å². The largest absolute Gasteiger partial charge is 0.481 e. The minimum absolute atomic E-state index is 0.0937. The van der Waals surface area contributed by atoms with Crippen molar-refractivity contribution in [3.8, 4) is 0 Å². The average molecular weight is 273 g/mol. The number of carbonyl (C=O) groups is 2. The van der Waals surface area contributed by atoms with Gasteiger partial charge in [-0.15, -0.1) is 0 Å². The fourth-order valence-corrected chi connectivity index (χ4v) is 3.39. The van der Waals surface area contributed by atoms with Crippen LogP contribution in [0.4, 0.5) is 0 Å². The second kappa shape index (κ2) is 7.02. The third-order valence-electron chi connectivity index (χ3n) is 3.83. The Bertz CT molecular complexity index is 297. The summed E-state index contributed by atoms with van der Waals surface area (Å²) in [7, 11) is 0. The average Bonchev–Trinajstić information content (AvgIpc) is 2.37. The van der Waals surface area contributed by atoms with Gasteiger partial charge in [-0.25, -0.2) is 0 Å². The van der Waals surface area contributed by atoms with Crippen molar-refractivity contribution in [1.82, 2.24) is 5.32 Å². The number of rotatable bonds is 6. The highest BCUT2D eigenvalue weighted by atomic mass is 32.2. The maximum Gasteiger partial charge on any atom is 0.310 e. The zero-order valence-corrected chi connectivity index (χ0v) is 12.0. The van der Waals surface area contributed by atoms with Crippen LogP contribution in [-0.4, -0.2) is 34.5 Å². The van der Waals surface area contributed by atoms with Gasteiger partial charge in [0.05, 0.1) is 5.41 Å². The van der Waals surface area contributed by atoms with E-state index in [1.807, 2.05) is 25.6 Å². The Balaban J connectivity index is 2.53. The van der Waals surface area contributed by atoms with Crippen LogP contribution in [0.1, 0.15) is 46.0 Å². The summed E-state index contributed by atoms with van der Waals surface area (Å²) >= 11 is 1.85. The van der Waals surface area contributed by atoms with E-state index in [0.717, 1.165) is 24.3 Å². The molecule has 1 atom stereocenters. The third kappa shape index (κ3) is 3.90. The molecule has 0 aromatic heterocycles. The van der Waals surface area contributed by atoms with E-state index in [9.17, 15) is 14.7 Å². The van der Waals surface area contributed by atoms with Gasteiger partial charge in [0, 0.05) is 18.2 Å². The lowest BCUT2D eigenvalue weighted by Crippen LogP contribution is -2.42. The van der Waals surface area contributed by atoms with Gasteiger partial charge in [0.25, 0.3) is 0 Å². The van der Waals surface area contributed by atoms with Crippen LogP contribution in [0.15, 0.2) is 0 Å². The molecule has 1 heterocycles. The number of hydrogen-bond acceptors (Lipinski definition) is 3. The van der Waals surface area contributed by atoms with Crippen LogP contribution >= 0.6 is 11.8 Å². The van der Waals surface area contributed by atoms with Gasteiger partial charge in [0.2, 0.25) is 5.91 Å². The second-order valence-electron chi connectivity index (χ2n) is 4.95. The van der Waals surface area contributed by atoms with E-state index in [1.165, 1.54) is 0 Å².